The molecular weight excluding hydrogens is 282 g/mol. The summed E-state index contributed by atoms with van der Waals surface area (Å²) in [7, 11) is 0. The van der Waals surface area contributed by atoms with E-state index in [9.17, 15) is 0 Å². The summed E-state index contributed by atoms with van der Waals surface area (Å²) in [6.45, 7) is 0. The monoisotopic (exact) mass is 293 g/mol. The van der Waals surface area contributed by atoms with Gasteiger partial charge >= 0.3 is 0 Å². The molecule has 3 heterocycles. The lowest BCUT2D eigenvalue weighted by Crippen LogP contribution is -1.94. The highest BCUT2D eigenvalue weighted by molar-refractivity contribution is 6.27. The van der Waals surface area contributed by atoms with E-state index >= 15 is 0 Å². The lowest BCUT2D eigenvalue weighted by molar-refractivity contribution is 1.19. The predicted molar refractivity (Wildman–Crippen MR) is 94.2 cm³/mol. The molecular formula is C20H11N3. The summed E-state index contributed by atoms with van der Waals surface area (Å²) in [5.41, 5.74) is 4.54. The highest BCUT2D eigenvalue weighted by Crippen LogP contribution is 2.39. The number of rotatable bonds is 0. The molecule has 0 aliphatic rings. The second kappa shape index (κ2) is 3.76. The van der Waals surface area contributed by atoms with Gasteiger partial charge in [-0.15, -0.1) is 0 Å². The molecule has 3 aromatic heterocycles. The summed E-state index contributed by atoms with van der Waals surface area (Å²) in [5, 5.41) is 6.29. The molecule has 0 N–H and O–H groups in total. The molecule has 23 heavy (non-hydrogen) atoms. The first-order valence-electron chi connectivity index (χ1n) is 7.69. The Balaban J connectivity index is 2.18. The van der Waals surface area contributed by atoms with Crippen molar-refractivity contribution in [1.29, 1.82) is 0 Å². The second-order valence-electron chi connectivity index (χ2n) is 5.97. The molecule has 0 bridgehead atoms. The third-order valence-corrected chi connectivity index (χ3v) is 4.87. The topological polar surface area (TPSA) is 30.2 Å². The quantitative estimate of drug-likeness (QED) is 0.298. The van der Waals surface area contributed by atoms with E-state index in [0.29, 0.717) is 0 Å². The Morgan fingerprint density at radius 2 is 1.65 bits per heavy atom. The molecule has 106 valence electrons. The van der Waals surface area contributed by atoms with Gasteiger partial charge in [-0.2, -0.15) is 0 Å². The summed E-state index contributed by atoms with van der Waals surface area (Å²) in [4.78, 5) is 8.86. The van der Waals surface area contributed by atoms with E-state index in [4.69, 9.17) is 0 Å². The van der Waals surface area contributed by atoms with E-state index in [2.05, 4.69) is 69.0 Å². The van der Waals surface area contributed by atoms with E-state index in [0.717, 1.165) is 11.0 Å². The van der Waals surface area contributed by atoms with Gasteiger partial charge in [-0.1, -0.05) is 48.5 Å². The minimum atomic E-state index is 1.01. The van der Waals surface area contributed by atoms with Crippen LogP contribution in [-0.2, 0) is 0 Å². The summed E-state index contributed by atoms with van der Waals surface area (Å²) < 4.78 is 2.31. The summed E-state index contributed by atoms with van der Waals surface area (Å²) >= 11 is 0. The molecule has 0 saturated carbocycles. The van der Waals surface area contributed by atoms with Crippen LogP contribution < -0.4 is 0 Å². The number of para-hydroxylation sites is 1. The minimum Gasteiger partial charge on any atom is -0.305 e. The fourth-order valence-corrected chi connectivity index (χ4v) is 3.97. The van der Waals surface area contributed by atoms with Crippen LogP contribution in [0.5, 0.6) is 0 Å². The van der Waals surface area contributed by atoms with Crippen molar-refractivity contribution in [2.45, 2.75) is 0 Å². The molecule has 0 saturated heterocycles. The van der Waals surface area contributed by atoms with Crippen molar-refractivity contribution in [2.24, 2.45) is 0 Å². The maximum absolute atomic E-state index is 4.58. The molecule has 0 amide bonds. The normalized spacial score (nSPS) is 12.3. The molecule has 0 radical (unpaired) electrons. The smallest absolute Gasteiger partial charge is 0.116 e. The third-order valence-electron chi connectivity index (χ3n) is 4.87. The van der Waals surface area contributed by atoms with Gasteiger partial charge < -0.3 is 4.40 Å². The number of benzene rings is 3. The average Bonchev–Trinajstić information content (AvgIpc) is 2.96. The first kappa shape index (κ1) is 11.4. The molecule has 6 rings (SSSR count). The van der Waals surface area contributed by atoms with Crippen molar-refractivity contribution in [3.63, 3.8) is 0 Å². The lowest BCUT2D eigenvalue weighted by atomic mass is 10.0. The lowest BCUT2D eigenvalue weighted by Gasteiger charge is -2.11. The van der Waals surface area contributed by atoms with Crippen LogP contribution in [0.25, 0.3) is 49.0 Å². The zero-order valence-electron chi connectivity index (χ0n) is 12.2. The van der Waals surface area contributed by atoms with Gasteiger partial charge in [0.25, 0.3) is 0 Å². The zero-order valence-corrected chi connectivity index (χ0v) is 12.2. The first-order valence-corrected chi connectivity index (χ1v) is 7.69. The van der Waals surface area contributed by atoms with Gasteiger partial charge in [0.2, 0.25) is 0 Å². The third kappa shape index (κ3) is 1.23. The number of pyridine rings is 1. The SMILES string of the molecule is c1cc2ccc3c4ccccc4n4c5cncnc5c(c1)c2c34. The number of fused-ring (bicyclic) bond motifs is 6. The van der Waals surface area contributed by atoms with Crippen LogP contribution in [0.4, 0.5) is 0 Å². The van der Waals surface area contributed by atoms with Gasteiger partial charge in [0, 0.05) is 21.5 Å². The molecule has 0 atom stereocenters. The van der Waals surface area contributed by atoms with Gasteiger partial charge in [-0.05, 0) is 11.5 Å². The summed E-state index contributed by atoms with van der Waals surface area (Å²) in [5.74, 6) is 0. The Bertz CT molecular complexity index is 1340. The van der Waals surface area contributed by atoms with Crippen molar-refractivity contribution in [3.8, 4) is 0 Å². The van der Waals surface area contributed by atoms with Gasteiger partial charge in [0.05, 0.1) is 28.3 Å². The number of aromatic nitrogens is 3. The molecule has 6 aromatic rings. The Morgan fingerprint density at radius 3 is 2.65 bits per heavy atom. The number of hydrogen-bond acceptors (Lipinski definition) is 2. The van der Waals surface area contributed by atoms with Crippen LogP contribution in [0.15, 0.2) is 67.1 Å². The second-order valence-corrected chi connectivity index (χ2v) is 5.97. The highest BCUT2D eigenvalue weighted by atomic mass is 14.9. The summed E-state index contributed by atoms with van der Waals surface area (Å²) in [6.07, 6.45) is 3.55. The van der Waals surface area contributed by atoms with Gasteiger partial charge in [0.1, 0.15) is 6.33 Å². The molecule has 0 unspecified atom stereocenters. The van der Waals surface area contributed by atoms with Crippen molar-refractivity contribution >= 4 is 49.0 Å². The van der Waals surface area contributed by atoms with Crippen LogP contribution in [0, 0.1) is 0 Å². The van der Waals surface area contributed by atoms with Crippen LogP contribution in [-0.4, -0.2) is 14.4 Å². The van der Waals surface area contributed by atoms with E-state index < -0.39 is 0 Å². The fourth-order valence-electron chi connectivity index (χ4n) is 3.97. The van der Waals surface area contributed by atoms with Crippen LogP contribution >= 0.6 is 0 Å². The molecule has 3 aromatic carbocycles. The van der Waals surface area contributed by atoms with E-state index in [1.807, 2.05) is 6.20 Å². The highest BCUT2D eigenvalue weighted by Gasteiger charge is 2.17. The predicted octanol–water partition coefficient (Wildman–Crippen LogP) is 4.78. The van der Waals surface area contributed by atoms with Crippen LogP contribution in [0.3, 0.4) is 0 Å². The summed E-state index contributed by atoms with van der Waals surface area (Å²) in [6, 6.07) is 19.4. The maximum atomic E-state index is 4.58. The zero-order chi connectivity index (χ0) is 15.0. The van der Waals surface area contributed by atoms with Gasteiger partial charge in [0.15, 0.2) is 0 Å². The molecule has 3 nitrogen and oxygen atoms in total. The number of hydrogen-bond donors (Lipinski definition) is 0. The Kier molecular flexibility index (Phi) is 1.86. The van der Waals surface area contributed by atoms with E-state index in [-0.39, 0.29) is 0 Å². The average molecular weight is 293 g/mol. The Labute approximate surface area is 131 Å². The van der Waals surface area contributed by atoms with Crippen molar-refractivity contribution in [2.75, 3.05) is 0 Å². The largest absolute Gasteiger partial charge is 0.305 e. The van der Waals surface area contributed by atoms with Gasteiger partial charge in [-0.3, -0.25) is 0 Å². The maximum Gasteiger partial charge on any atom is 0.116 e. The molecule has 0 aliphatic heterocycles. The molecule has 3 heteroatoms. The molecule has 0 aliphatic carbocycles. The first-order chi connectivity index (χ1) is 11.4. The number of nitrogens with zero attached hydrogens (tertiary/aromatic N) is 3. The van der Waals surface area contributed by atoms with E-state index in [1.54, 1.807) is 6.33 Å². The van der Waals surface area contributed by atoms with Crippen molar-refractivity contribution in [3.05, 3.63) is 67.1 Å². The molecule has 0 fully saturated rings. The van der Waals surface area contributed by atoms with Crippen LogP contribution in [0.1, 0.15) is 0 Å². The van der Waals surface area contributed by atoms with Crippen molar-refractivity contribution < 1.29 is 0 Å². The van der Waals surface area contributed by atoms with E-state index in [1.165, 1.54) is 38.0 Å². The van der Waals surface area contributed by atoms with Crippen LogP contribution in [0.2, 0.25) is 0 Å². The Hall–Kier alpha value is -3.20. The minimum absolute atomic E-state index is 1.01. The Morgan fingerprint density at radius 1 is 0.739 bits per heavy atom. The van der Waals surface area contributed by atoms with Gasteiger partial charge in [-0.25, -0.2) is 9.97 Å². The molecule has 0 spiro atoms. The standard InChI is InChI=1S/C20H11N3/c1-2-7-16-13(5-1)14-9-8-12-4-3-6-15-18(12)20(14)23(16)17-10-21-11-22-19(15)17/h1-11H. The fraction of sp³-hybridized carbons (Fsp3) is 0. The van der Waals surface area contributed by atoms with Crippen molar-refractivity contribution in [1.82, 2.24) is 14.4 Å².